The number of aromatic carboxylic acids is 1. The molecule has 0 radical (unpaired) electrons. The highest BCUT2D eigenvalue weighted by Gasteiger charge is 2.10. The molecule has 1 aromatic heterocycles. The summed E-state index contributed by atoms with van der Waals surface area (Å²) in [5.74, 6) is -1.57. The van der Waals surface area contributed by atoms with E-state index in [-0.39, 0.29) is 22.9 Å². The summed E-state index contributed by atoms with van der Waals surface area (Å²) in [6.45, 7) is 0.683. The highest BCUT2D eigenvalue weighted by Crippen LogP contribution is 2.14. The van der Waals surface area contributed by atoms with Crippen molar-refractivity contribution in [3.05, 3.63) is 48.0 Å². The van der Waals surface area contributed by atoms with Crippen LogP contribution in [0, 0.1) is 0 Å². The first-order chi connectivity index (χ1) is 9.58. The van der Waals surface area contributed by atoms with Gasteiger partial charge in [-0.3, -0.25) is 4.79 Å². The second kappa shape index (κ2) is 5.87. The Morgan fingerprint density at radius 3 is 2.70 bits per heavy atom. The molecule has 0 atom stereocenters. The summed E-state index contributed by atoms with van der Waals surface area (Å²) in [5.41, 5.74) is 0.154. The third-order valence-electron chi connectivity index (χ3n) is 2.66. The Bertz CT molecular complexity index is 636. The Morgan fingerprint density at radius 2 is 2.05 bits per heavy atom. The molecule has 20 heavy (non-hydrogen) atoms. The van der Waals surface area contributed by atoms with E-state index in [9.17, 15) is 14.7 Å². The first kappa shape index (κ1) is 13.6. The van der Waals surface area contributed by atoms with Gasteiger partial charge in [0.1, 0.15) is 5.75 Å². The molecule has 0 fully saturated rings. The number of benzene rings is 1. The van der Waals surface area contributed by atoms with Crippen molar-refractivity contribution in [2.45, 2.75) is 6.54 Å². The molecular weight excluding hydrogens is 262 g/mol. The average Bonchev–Trinajstić information content (AvgIpc) is 2.88. The van der Waals surface area contributed by atoms with Crippen molar-refractivity contribution in [1.29, 1.82) is 0 Å². The Kier molecular flexibility index (Phi) is 3.99. The van der Waals surface area contributed by atoms with E-state index in [0.717, 1.165) is 0 Å². The lowest BCUT2D eigenvalue weighted by atomic mass is 10.2. The molecular formula is C13H13N3O4. The van der Waals surface area contributed by atoms with Crippen LogP contribution >= 0.6 is 0 Å². The lowest BCUT2D eigenvalue weighted by Crippen LogP contribution is -2.27. The van der Waals surface area contributed by atoms with E-state index in [0.29, 0.717) is 13.1 Å². The van der Waals surface area contributed by atoms with E-state index in [1.54, 1.807) is 16.7 Å². The zero-order valence-corrected chi connectivity index (χ0v) is 10.5. The van der Waals surface area contributed by atoms with E-state index in [2.05, 4.69) is 10.3 Å². The van der Waals surface area contributed by atoms with Gasteiger partial charge in [0.15, 0.2) is 5.69 Å². The standard InChI is InChI=1S/C13H13N3O4/c17-11-4-2-1-3-9(11)12(18)14-5-6-16-7-10(13(19)20)15-8-16/h1-4,7-8,17H,5-6H2,(H,14,18)(H,19,20). The number of carbonyl (C=O) groups is 2. The third kappa shape index (κ3) is 3.14. The number of nitrogens with zero attached hydrogens (tertiary/aromatic N) is 2. The van der Waals surface area contributed by atoms with E-state index in [4.69, 9.17) is 5.11 Å². The van der Waals surface area contributed by atoms with Crippen LogP contribution in [-0.2, 0) is 6.54 Å². The van der Waals surface area contributed by atoms with E-state index in [1.165, 1.54) is 24.7 Å². The van der Waals surface area contributed by atoms with E-state index in [1.807, 2.05) is 0 Å². The molecule has 0 aliphatic carbocycles. The van der Waals surface area contributed by atoms with Crippen LogP contribution in [0.1, 0.15) is 20.8 Å². The summed E-state index contributed by atoms with van der Waals surface area (Å²) in [7, 11) is 0. The van der Waals surface area contributed by atoms with Gasteiger partial charge in [0.2, 0.25) is 0 Å². The Labute approximate surface area is 114 Å². The van der Waals surface area contributed by atoms with Crippen LogP contribution in [0.2, 0.25) is 0 Å². The summed E-state index contributed by atoms with van der Waals surface area (Å²) in [6.07, 6.45) is 2.77. The van der Waals surface area contributed by atoms with Crippen molar-refractivity contribution in [2.24, 2.45) is 0 Å². The number of amides is 1. The molecule has 1 heterocycles. The van der Waals surface area contributed by atoms with Gasteiger partial charge < -0.3 is 20.1 Å². The zero-order chi connectivity index (χ0) is 14.5. The highest BCUT2D eigenvalue weighted by atomic mass is 16.4. The summed E-state index contributed by atoms with van der Waals surface area (Å²) >= 11 is 0. The monoisotopic (exact) mass is 275 g/mol. The molecule has 7 heteroatoms. The van der Waals surface area contributed by atoms with Crippen molar-refractivity contribution >= 4 is 11.9 Å². The van der Waals surface area contributed by atoms with Crippen molar-refractivity contribution in [1.82, 2.24) is 14.9 Å². The maximum atomic E-state index is 11.8. The molecule has 0 aliphatic heterocycles. The largest absolute Gasteiger partial charge is 0.507 e. The number of nitrogens with one attached hydrogen (secondary N) is 1. The quantitative estimate of drug-likeness (QED) is 0.745. The number of aromatic hydroxyl groups is 1. The summed E-state index contributed by atoms with van der Waals surface area (Å²) < 4.78 is 1.56. The van der Waals surface area contributed by atoms with Crippen LogP contribution in [0.4, 0.5) is 0 Å². The van der Waals surface area contributed by atoms with Crippen molar-refractivity contribution in [3.8, 4) is 5.75 Å². The second-order valence-electron chi connectivity index (χ2n) is 4.07. The van der Waals surface area contributed by atoms with Crippen LogP contribution in [0.15, 0.2) is 36.8 Å². The van der Waals surface area contributed by atoms with Gasteiger partial charge in [0.25, 0.3) is 5.91 Å². The maximum absolute atomic E-state index is 11.8. The number of carboxylic acids is 1. The molecule has 0 bridgehead atoms. The molecule has 1 amide bonds. The van der Waals surface area contributed by atoms with Crippen molar-refractivity contribution < 1.29 is 19.8 Å². The van der Waals surface area contributed by atoms with Crippen LogP contribution < -0.4 is 5.32 Å². The normalized spacial score (nSPS) is 10.2. The maximum Gasteiger partial charge on any atom is 0.356 e. The predicted octanol–water partition coefficient (Wildman–Crippen LogP) is 0.717. The average molecular weight is 275 g/mol. The van der Waals surface area contributed by atoms with Gasteiger partial charge in [0, 0.05) is 19.3 Å². The van der Waals surface area contributed by atoms with Gasteiger partial charge in [-0.25, -0.2) is 9.78 Å². The minimum absolute atomic E-state index is 0.0444. The van der Waals surface area contributed by atoms with Crippen molar-refractivity contribution in [3.63, 3.8) is 0 Å². The van der Waals surface area contributed by atoms with Gasteiger partial charge in [0.05, 0.1) is 11.9 Å². The van der Waals surface area contributed by atoms with Crippen LogP contribution in [0.25, 0.3) is 0 Å². The number of hydrogen-bond donors (Lipinski definition) is 3. The first-order valence-electron chi connectivity index (χ1n) is 5.89. The van der Waals surface area contributed by atoms with E-state index < -0.39 is 5.97 Å². The highest BCUT2D eigenvalue weighted by molar-refractivity contribution is 5.96. The number of aromatic nitrogens is 2. The minimum Gasteiger partial charge on any atom is -0.507 e. The number of rotatable bonds is 5. The summed E-state index contributed by atoms with van der Waals surface area (Å²) in [5, 5.41) is 20.9. The molecule has 104 valence electrons. The van der Waals surface area contributed by atoms with Crippen LogP contribution in [0.3, 0.4) is 0 Å². The number of carbonyl (C=O) groups excluding carboxylic acids is 1. The Balaban J connectivity index is 1.88. The molecule has 0 saturated heterocycles. The van der Waals surface area contributed by atoms with Crippen molar-refractivity contribution in [2.75, 3.05) is 6.54 Å². The fraction of sp³-hybridized carbons (Fsp3) is 0.154. The molecule has 3 N–H and O–H groups in total. The number of hydrogen-bond acceptors (Lipinski definition) is 4. The zero-order valence-electron chi connectivity index (χ0n) is 10.5. The second-order valence-corrected chi connectivity index (χ2v) is 4.07. The fourth-order valence-electron chi connectivity index (χ4n) is 1.65. The number of phenolic OH excluding ortho intramolecular Hbond substituents is 1. The lowest BCUT2D eigenvalue weighted by molar-refractivity contribution is 0.0690. The van der Waals surface area contributed by atoms with Gasteiger partial charge >= 0.3 is 5.97 Å². The summed E-state index contributed by atoms with van der Waals surface area (Å²) in [4.78, 5) is 26.1. The van der Waals surface area contributed by atoms with Gasteiger partial charge in [-0.1, -0.05) is 12.1 Å². The molecule has 7 nitrogen and oxygen atoms in total. The lowest BCUT2D eigenvalue weighted by Gasteiger charge is -2.06. The van der Waals surface area contributed by atoms with Gasteiger partial charge in [-0.2, -0.15) is 0 Å². The van der Waals surface area contributed by atoms with Crippen LogP contribution in [0.5, 0.6) is 5.75 Å². The Morgan fingerprint density at radius 1 is 1.30 bits per heavy atom. The van der Waals surface area contributed by atoms with Gasteiger partial charge in [-0.05, 0) is 12.1 Å². The smallest absolute Gasteiger partial charge is 0.356 e. The van der Waals surface area contributed by atoms with Crippen LogP contribution in [-0.4, -0.2) is 38.2 Å². The SMILES string of the molecule is O=C(O)c1cn(CCNC(=O)c2ccccc2O)cn1. The molecule has 0 spiro atoms. The molecule has 0 saturated carbocycles. The first-order valence-corrected chi connectivity index (χ1v) is 5.89. The number of phenols is 1. The topological polar surface area (TPSA) is 104 Å². The third-order valence-corrected chi connectivity index (χ3v) is 2.66. The Hall–Kier alpha value is -2.83. The molecule has 0 aliphatic rings. The number of imidazole rings is 1. The molecule has 1 aromatic carbocycles. The fourth-order valence-corrected chi connectivity index (χ4v) is 1.65. The number of carboxylic acid groups (broad SMARTS) is 1. The number of para-hydroxylation sites is 1. The molecule has 2 aromatic rings. The molecule has 2 rings (SSSR count). The minimum atomic E-state index is -1.10. The summed E-state index contributed by atoms with van der Waals surface area (Å²) in [6, 6.07) is 6.24. The van der Waals surface area contributed by atoms with E-state index >= 15 is 0 Å². The predicted molar refractivity (Wildman–Crippen MR) is 69.6 cm³/mol. The van der Waals surface area contributed by atoms with Gasteiger partial charge in [-0.15, -0.1) is 0 Å². The molecule has 0 unspecified atom stereocenters.